The highest BCUT2D eigenvalue weighted by Gasteiger charge is 2.26. The van der Waals surface area contributed by atoms with E-state index in [0.717, 1.165) is 10.4 Å². The molecule has 4 nitrogen and oxygen atoms in total. The molecule has 0 spiro atoms. The molecule has 90 valence electrons. The van der Waals surface area contributed by atoms with E-state index in [2.05, 4.69) is 20.9 Å². The van der Waals surface area contributed by atoms with Crippen molar-refractivity contribution in [1.29, 1.82) is 0 Å². The van der Waals surface area contributed by atoms with Crippen LogP contribution < -0.4 is 0 Å². The van der Waals surface area contributed by atoms with E-state index in [1.807, 2.05) is 0 Å². The molecule has 1 heterocycles. The number of aromatic nitrogens is 1. The van der Waals surface area contributed by atoms with E-state index in [1.165, 1.54) is 19.3 Å². The highest BCUT2D eigenvalue weighted by atomic mass is 79.9. The monoisotopic (exact) mass is 310 g/mol. The summed E-state index contributed by atoms with van der Waals surface area (Å²) in [4.78, 5) is 3.54. The molecular weight excluding hydrogens is 299 g/mol. The average molecular weight is 311 g/mol. The Hall–Kier alpha value is -0.530. The molecule has 1 rings (SSSR count). The predicted molar refractivity (Wildman–Crippen MR) is 62.4 cm³/mol. The zero-order valence-electron chi connectivity index (χ0n) is 8.89. The molecule has 0 saturated heterocycles. The Morgan fingerprint density at radius 1 is 1.62 bits per heavy atom. The first kappa shape index (κ1) is 13.5. The number of pyridine rings is 1. The van der Waals surface area contributed by atoms with Gasteiger partial charge in [0.15, 0.2) is 5.82 Å². The first-order valence-corrected chi connectivity index (χ1v) is 6.92. The normalized spacial score (nSPS) is 14.1. The SMILES string of the molecule is CC(Br)CN(C)S(=O)(=O)c1ncccc1F. The van der Waals surface area contributed by atoms with Crippen molar-refractivity contribution in [2.24, 2.45) is 0 Å². The maximum atomic E-state index is 13.3. The molecule has 7 heteroatoms. The molecule has 1 aromatic rings. The van der Waals surface area contributed by atoms with Crippen molar-refractivity contribution >= 4 is 26.0 Å². The number of hydrogen-bond acceptors (Lipinski definition) is 3. The third-order valence-electron chi connectivity index (χ3n) is 1.89. The molecule has 1 aromatic heterocycles. The van der Waals surface area contributed by atoms with Gasteiger partial charge in [-0.25, -0.2) is 17.8 Å². The van der Waals surface area contributed by atoms with Crippen LogP contribution in [-0.2, 0) is 10.0 Å². The van der Waals surface area contributed by atoms with E-state index in [4.69, 9.17) is 0 Å². The fourth-order valence-electron chi connectivity index (χ4n) is 1.16. The molecule has 16 heavy (non-hydrogen) atoms. The van der Waals surface area contributed by atoms with Crippen LogP contribution in [0.2, 0.25) is 0 Å². The summed E-state index contributed by atoms with van der Waals surface area (Å²) in [6, 6.07) is 2.42. The number of alkyl halides is 1. The van der Waals surface area contributed by atoms with Crippen LogP contribution in [0.4, 0.5) is 4.39 Å². The van der Waals surface area contributed by atoms with Gasteiger partial charge in [-0.2, -0.15) is 4.31 Å². The third kappa shape index (κ3) is 2.99. The van der Waals surface area contributed by atoms with Gasteiger partial charge in [-0.1, -0.05) is 22.9 Å². The Bertz CT molecular complexity index is 464. The lowest BCUT2D eigenvalue weighted by Crippen LogP contribution is -2.32. The minimum atomic E-state index is -3.85. The summed E-state index contributed by atoms with van der Waals surface area (Å²) in [5, 5.41) is -0.536. The Morgan fingerprint density at radius 2 is 2.25 bits per heavy atom. The Labute approximate surface area is 103 Å². The summed E-state index contributed by atoms with van der Waals surface area (Å²) in [6.07, 6.45) is 1.25. The lowest BCUT2D eigenvalue weighted by Gasteiger charge is -2.17. The fourth-order valence-corrected chi connectivity index (χ4v) is 3.01. The van der Waals surface area contributed by atoms with E-state index in [9.17, 15) is 12.8 Å². The Kier molecular flexibility index (Phi) is 4.40. The molecule has 0 bridgehead atoms. The van der Waals surface area contributed by atoms with Gasteiger partial charge >= 0.3 is 0 Å². The molecule has 0 saturated carbocycles. The molecule has 0 aliphatic carbocycles. The van der Waals surface area contributed by atoms with Crippen molar-refractivity contribution in [1.82, 2.24) is 9.29 Å². The summed E-state index contributed by atoms with van der Waals surface area (Å²) in [6.45, 7) is 2.05. The summed E-state index contributed by atoms with van der Waals surface area (Å²) >= 11 is 3.24. The average Bonchev–Trinajstić information content (AvgIpc) is 2.16. The highest BCUT2D eigenvalue weighted by molar-refractivity contribution is 9.09. The topological polar surface area (TPSA) is 50.3 Å². The van der Waals surface area contributed by atoms with Gasteiger partial charge in [-0.15, -0.1) is 0 Å². The fraction of sp³-hybridized carbons (Fsp3) is 0.444. The maximum Gasteiger partial charge on any atom is 0.263 e. The molecule has 0 aliphatic rings. The van der Waals surface area contributed by atoms with Gasteiger partial charge in [0.1, 0.15) is 0 Å². The standard InChI is InChI=1S/C9H12BrFN2O2S/c1-7(10)6-13(2)16(14,15)9-8(11)4-3-5-12-9/h3-5,7H,6H2,1-2H3. The van der Waals surface area contributed by atoms with E-state index >= 15 is 0 Å². The summed E-state index contributed by atoms with van der Waals surface area (Å²) in [5.74, 6) is -0.837. The Balaban J connectivity index is 3.08. The largest absolute Gasteiger partial charge is 0.263 e. The van der Waals surface area contributed by atoms with Crippen LogP contribution in [0.25, 0.3) is 0 Å². The first-order valence-electron chi connectivity index (χ1n) is 4.56. The van der Waals surface area contributed by atoms with Gasteiger partial charge in [0, 0.05) is 24.6 Å². The number of hydrogen-bond donors (Lipinski definition) is 0. The van der Waals surface area contributed by atoms with Crippen LogP contribution in [0.5, 0.6) is 0 Å². The van der Waals surface area contributed by atoms with Crippen LogP contribution in [0.3, 0.4) is 0 Å². The summed E-state index contributed by atoms with van der Waals surface area (Å²) < 4.78 is 38.2. The van der Waals surface area contributed by atoms with Crippen molar-refractivity contribution in [3.63, 3.8) is 0 Å². The van der Waals surface area contributed by atoms with Gasteiger partial charge in [0.05, 0.1) is 0 Å². The molecule has 0 radical (unpaired) electrons. The number of sulfonamides is 1. The highest BCUT2D eigenvalue weighted by Crippen LogP contribution is 2.16. The summed E-state index contributed by atoms with van der Waals surface area (Å²) in [7, 11) is -2.46. The van der Waals surface area contributed by atoms with Gasteiger partial charge in [-0.3, -0.25) is 0 Å². The molecular formula is C9H12BrFN2O2S. The Morgan fingerprint density at radius 3 is 2.75 bits per heavy atom. The van der Waals surface area contributed by atoms with Crippen LogP contribution in [-0.4, -0.2) is 36.1 Å². The van der Waals surface area contributed by atoms with E-state index in [-0.39, 0.29) is 11.4 Å². The quantitative estimate of drug-likeness (QED) is 0.794. The smallest absolute Gasteiger partial charge is 0.241 e. The third-order valence-corrected chi connectivity index (χ3v) is 3.94. The van der Waals surface area contributed by atoms with Gasteiger partial charge in [0.25, 0.3) is 10.0 Å². The van der Waals surface area contributed by atoms with Crippen LogP contribution in [0, 0.1) is 5.82 Å². The number of rotatable bonds is 4. The zero-order chi connectivity index (χ0) is 12.3. The second-order valence-corrected chi connectivity index (χ2v) is 6.88. The van der Waals surface area contributed by atoms with Crippen molar-refractivity contribution in [3.8, 4) is 0 Å². The van der Waals surface area contributed by atoms with Crippen molar-refractivity contribution in [3.05, 3.63) is 24.1 Å². The van der Waals surface area contributed by atoms with E-state index < -0.39 is 20.9 Å². The number of nitrogens with zero attached hydrogens (tertiary/aromatic N) is 2. The van der Waals surface area contributed by atoms with E-state index in [0.29, 0.717) is 0 Å². The van der Waals surface area contributed by atoms with Crippen molar-refractivity contribution < 1.29 is 12.8 Å². The maximum absolute atomic E-state index is 13.3. The van der Waals surface area contributed by atoms with Crippen LogP contribution >= 0.6 is 15.9 Å². The molecule has 1 atom stereocenters. The molecule has 0 aliphatic heterocycles. The lowest BCUT2D eigenvalue weighted by molar-refractivity contribution is 0.461. The van der Waals surface area contributed by atoms with Crippen LogP contribution in [0.1, 0.15) is 6.92 Å². The minimum Gasteiger partial charge on any atom is -0.241 e. The molecule has 0 amide bonds. The van der Waals surface area contributed by atoms with Gasteiger partial charge < -0.3 is 0 Å². The van der Waals surface area contributed by atoms with Crippen molar-refractivity contribution in [2.75, 3.05) is 13.6 Å². The predicted octanol–water partition coefficient (Wildman–Crippen LogP) is 1.62. The number of halogens is 2. The van der Waals surface area contributed by atoms with Crippen LogP contribution in [0.15, 0.2) is 23.4 Å². The second-order valence-electron chi connectivity index (χ2n) is 3.36. The second kappa shape index (κ2) is 5.20. The molecule has 0 fully saturated rings. The molecule has 0 aromatic carbocycles. The zero-order valence-corrected chi connectivity index (χ0v) is 11.3. The van der Waals surface area contributed by atoms with Gasteiger partial charge in [0.2, 0.25) is 5.03 Å². The first-order chi connectivity index (χ1) is 7.35. The van der Waals surface area contributed by atoms with Gasteiger partial charge in [-0.05, 0) is 12.1 Å². The molecule has 1 unspecified atom stereocenters. The minimum absolute atomic E-state index is 0.0148. The summed E-state index contributed by atoms with van der Waals surface area (Å²) in [5.41, 5.74) is 0. The van der Waals surface area contributed by atoms with Crippen molar-refractivity contribution in [2.45, 2.75) is 16.8 Å². The lowest BCUT2D eigenvalue weighted by atomic mass is 10.5. The van der Waals surface area contributed by atoms with E-state index in [1.54, 1.807) is 6.92 Å². The molecule has 0 N–H and O–H groups in total.